The number of fused-ring (bicyclic) bond motifs is 1. The first-order valence-electron chi connectivity index (χ1n) is 10.1. The quantitative estimate of drug-likeness (QED) is 0.813. The molecule has 150 valence electrons. The molecule has 1 unspecified atom stereocenters. The Bertz CT molecular complexity index is 1010. The minimum absolute atomic E-state index is 0.000224. The van der Waals surface area contributed by atoms with E-state index in [1.54, 1.807) is 19.3 Å². The summed E-state index contributed by atoms with van der Waals surface area (Å²) < 4.78 is 14.1. The second kappa shape index (κ2) is 6.91. The Labute approximate surface area is 168 Å². The molecular weight excluding hydrogens is 371 g/mol. The largest absolute Gasteiger partial charge is 0.369 e. The van der Waals surface area contributed by atoms with Crippen molar-refractivity contribution in [3.05, 3.63) is 47.2 Å². The molecular formula is C22H23FN4O2. The SMILES string of the molecule is Cc1c(F)cncc1C1=Cc2cnc(NC(=O)C3CC3)cc2N(CC2CC2)C1O. The van der Waals surface area contributed by atoms with Crippen LogP contribution >= 0.6 is 0 Å². The minimum Gasteiger partial charge on any atom is -0.369 e. The van der Waals surface area contributed by atoms with Crippen LogP contribution < -0.4 is 10.2 Å². The van der Waals surface area contributed by atoms with Crippen LogP contribution in [0.1, 0.15) is 42.4 Å². The predicted octanol–water partition coefficient (Wildman–Crippen LogP) is 3.36. The summed E-state index contributed by atoms with van der Waals surface area (Å²) in [6, 6.07) is 1.82. The van der Waals surface area contributed by atoms with Crippen molar-refractivity contribution in [2.75, 3.05) is 16.8 Å². The van der Waals surface area contributed by atoms with Gasteiger partial charge in [-0.3, -0.25) is 9.78 Å². The fourth-order valence-corrected chi connectivity index (χ4v) is 3.78. The van der Waals surface area contributed by atoms with Crippen LogP contribution in [0.2, 0.25) is 0 Å². The first-order valence-corrected chi connectivity index (χ1v) is 10.1. The van der Waals surface area contributed by atoms with E-state index < -0.39 is 12.0 Å². The zero-order valence-corrected chi connectivity index (χ0v) is 16.2. The topological polar surface area (TPSA) is 78.4 Å². The Morgan fingerprint density at radius 1 is 1.28 bits per heavy atom. The van der Waals surface area contributed by atoms with Crippen molar-refractivity contribution in [3.63, 3.8) is 0 Å². The summed E-state index contributed by atoms with van der Waals surface area (Å²) in [5.74, 6) is 0.720. The molecule has 2 fully saturated rings. The molecule has 2 saturated carbocycles. The molecule has 3 aliphatic rings. The minimum atomic E-state index is -0.917. The van der Waals surface area contributed by atoms with E-state index in [0.717, 1.165) is 36.9 Å². The number of aromatic nitrogens is 2. The number of aliphatic hydroxyl groups excluding tert-OH is 1. The summed E-state index contributed by atoms with van der Waals surface area (Å²) >= 11 is 0. The standard InChI is InChI=1S/C22H23FN4O2/c1-12-17(9-24-10-18(12)23)16-6-15-8-25-20(26-21(28)14-4-5-14)7-19(15)27(22(16)29)11-13-2-3-13/h6-10,13-14,22,29H,2-5,11H2,1H3,(H,25,26,28). The first kappa shape index (κ1) is 18.2. The summed E-state index contributed by atoms with van der Waals surface area (Å²) in [6.45, 7) is 2.39. The number of hydrogen-bond donors (Lipinski definition) is 2. The molecule has 2 aromatic rings. The average Bonchev–Trinajstić information content (AvgIpc) is 3.60. The van der Waals surface area contributed by atoms with Crippen molar-refractivity contribution >= 4 is 29.1 Å². The summed E-state index contributed by atoms with van der Waals surface area (Å²) in [5.41, 5.74) is 3.32. The predicted molar refractivity (Wildman–Crippen MR) is 108 cm³/mol. The van der Waals surface area contributed by atoms with Gasteiger partial charge in [0.25, 0.3) is 0 Å². The normalized spacial score (nSPS) is 20.9. The number of amides is 1. The smallest absolute Gasteiger partial charge is 0.228 e. The van der Waals surface area contributed by atoms with Crippen molar-refractivity contribution in [3.8, 4) is 0 Å². The zero-order valence-electron chi connectivity index (χ0n) is 16.2. The molecule has 5 rings (SSSR count). The summed E-state index contributed by atoms with van der Waals surface area (Å²) in [5, 5.41) is 14.1. The second-order valence-electron chi connectivity index (χ2n) is 8.25. The van der Waals surface area contributed by atoms with Crippen molar-refractivity contribution in [1.29, 1.82) is 0 Å². The second-order valence-corrected chi connectivity index (χ2v) is 8.25. The number of halogens is 1. The van der Waals surface area contributed by atoms with Gasteiger partial charge in [0.05, 0.1) is 11.9 Å². The molecule has 6 nitrogen and oxygen atoms in total. The van der Waals surface area contributed by atoms with E-state index in [2.05, 4.69) is 15.3 Å². The third-order valence-corrected chi connectivity index (χ3v) is 5.92. The number of hydrogen-bond acceptors (Lipinski definition) is 5. The van der Waals surface area contributed by atoms with Gasteiger partial charge >= 0.3 is 0 Å². The number of pyridine rings is 2. The Morgan fingerprint density at radius 3 is 2.79 bits per heavy atom. The molecule has 1 atom stereocenters. The van der Waals surface area contributed by atoms with Crippen LogP contribution in [-0.4, -0.2) is 33.8 Å². The van der Waals surface area contributed by atoms with Crippen molar-refractivity contribution in [1.82, 2.24) is 9.97 Å². The number of carbonyl (C=O) groups excluding carboxylic acids is 1. The van der Waals surface area contributed by atoms with Gasteiger partial charge in [-0.15, -0.1) is 0 Å². The van der Waals surface area contributed by atoms with Crippen LogP contribution in [0.15, 0.2) is 24.7 Å². The van der Waals surface area contributed by atoms with Gasteiger partial charge < -0.3 is 15.3 Å². The van der Waals surface area contributed by atoms with Gasteiger partial charge in [-0.1, -0.05) is 0 Å². The molecule has 2 N–H and O–H groups in total. The number of rotatable bonds is 5. The molecule has 2 aliphatic carbocycles. The molecule has 0 aromatic carbocycles. The van der Waals surface area contributed by atoms with Gasteiger partial charge in [0.1, 0.15) is 11.6 Å². The Balaban J connectivity index is 1.55. The lowest BCUT2D eigenvalue weighted by Gasteiger charge is -2.36. The monoisotopic (exact) mass is 394 g/mol. The summed E-state index contributed by atoms with van der Waals surface area (Å²) in [4.78, 5) is 22.4. The van der Waals surface area contributed by atoms with E-state index in [1.807, 2.05) is 17.0 Å². The molecule has 7 heteroatoms. The lowest BCUT2D eigenvalue weighted by atomic mass is 9.94. The fourth-order valence-electron chi connectivity index (χ4n) is 3.78. The molecule has 2 aromatic heterocycles. The van der Waals surface area contributed by atoms with Crippen LogP contribution in [0.25, 0.3) is 11.6 Å². The molecule has 1 amide bonds. The Kier molecular flexibility index (Phi) is 4.35. The van der Waals surface area contributed by atoms with Crippen molar-refractivity contribution in [2.24, 2.45) is 11.8 Å². The van der Waals surface area contributed by atoms with Crippen LogP contribution in [0, 0.1) is 24.6 Å². The molecule has 1 aliphatic heterocycles. The van der Waals surface area contributed by atoms with Crippen molar-refractivity contribution in [2.45, 2.75) is 38.8 Å². The van der Waals surface area contributed by atoms with Crippen LogP contribution in [-0.2, 0) is 4.79 Å². The van der Waals surface area contributed by atoms with Crippen LogP contribution in [0.4, 0.5) is 15.9 Å². The Hall–Kier alpha value is -2.80. The van der Waals surface area contributed by atoms with E-state index in [0.29, 0.717) is 35.0 Å². The molecule has 29 heavy (non-hydrogen) atoms. The highest BCUT2D eigenvalue weighted by Gasteiger charge is 2.35. The van der Waals surface area contributed by atoms with Gasteiger partial charge in [0, 0.05) is 47.6 Å². The lowest BCUT2D eigenvalue weighted by molar-refractivity contribution is -0.117. The van der Waals surface area contributed by atoms with Gasteiger partial charge in [-0.25, -0.2) is 9.37 Å². The van der Waals surface area contributed by atoms with Crippen LogP contribution in [0.5, 0.6) is 0 Å². The van der Waals surface area contributed by atoms with Crippen molar-refractivity contribution < 1.29 is 14.3 Å². The van der Waals surface area contributed by atoms with E-state index in [9.17, 15) is 14.3 Å². The highest BCUT2D eigenvalue weighted by atomic mass is 19.1. The first-order chi connectivity index (χ1) is 14.0. The maximum Gasteiger partial charge on any atom is 0.228 e. The molecule has 3 heterocycles. The van der Waals surface area contributed by atoms with Gasteiger partial charge in [-0.05, 0) is 50.2 Å². The average molecular weight is 394 g/mol. The third kappa shape index (κ3) is 3.51. The molecule has 0 bridgehead atoms. The molecule has 0 spiro atoms. The Morgan fingerprint density at radius 2 is 2.07 bits per heavy atom. The van der Waals surface area contributed by atoms with Crippen LogP contribution in [0.3, 0.4) is 0 Å². The summed E-state index contributed by atoms with van der Waals surface area (Å²) in [7, 11) is 0. The highest BCUT2D eigenvalue weighted by Crippen LogP contribution is 2.41. The van der Waals surface area contributed by atoms with E-state index >= 15 is 0 Å². The van der Waals surface area contributed by atoms with E-state index in [-0.39, 0.29) is 11.8 Å². The number of anilines is 2. The number of nitrogens with zero attached hydrogens (tertiary/aromatic N) is 3. The van der Waals surface area contributed by atoms with E-state index in [1.165, 1.54) is 6.20 Å². The third-order valence-electron chi connectivity index (χ3n) is 5.92. The lowest BCUT2D eigenvalue weighted by Crippen LogP contribution is -2.40. The zero-order chi connectivity index (χ0) is 20.1. The number of carbonyl (C=O) groups is 1. The number of aliphatic hydroxyl groups is 1. The fraction of sp³-hybridized carbons (Fsp3) is 0.409. The van der Waals surface area contributed by atoms with Gasteiger partial charge in [-0.2, -0.15) is 0 Å². The highest BCUT2D eigenvalue weighted by molar-refractivity contribution is 5.96. The summed E-state index contributed by atoms with van der Waals surface area (Å²) in [6.07, 6.45) is 9.51. The number of nitrogens with one attached hydrogen (secondary N) is 1. The van der Waals surface area contributed by atoms with Gasteiger partial charge in [0.2, 0.25) is 5.91 Å². The molecule has 0 saturated heterocycles. The molecule has 0 radical (unpaired) electrons. The maximum atomic E-state index is 14.1. The maximum absolute atomic E-state index is 14.1. The van der Waals surface area contributed by atoms with E-state index in [4.69, 9.17) is 0 Å². The van der Waals surface area contributed by atoms with Gasteiger partial charge in [0.15, 0.2) is 6.23 Å².